The first-order valence-electron chi connectivity index (χ1n) is 5.23. The molecule has 0 saturated carbocycles. The summed E-state index contributed by atoms with van der Waals surface area (Å²) in [7, 11) is 0. The van der Waals surface area contributed by atoms with Crippen molar-refractivity contribution in [3.05, 3.63) is 0 Å². The van der Waals surface area contributed by atoms with E-state index in [-0.39, 0.29) is 12.1 Å². The van der Waals surface area contributed by atoms with Crippen LogP contribution in [0.2, 0.25) is 0 Å². The topological polar surface area (TPSA) is 50.9 Å². The fourth-order valence-corrected chi connectivity index (χ4v) is 2.13. The summed E-state index contributed by atoms with van der Waals surface area (Å²) in [6.07, 6.45) is 2.57. The van der Waals surface area contributed by atoms with Gasteiger partial charge in [0, 0.05) is 19.4 Å². The lowest BCUT2D eigenvalue weighted by Crippen LogP contribution is -2.45. The van der Waals surface area contributed by atoms with E-state index in [4.69, 9.17) is 9.47 Å². The van der Waals surface area contributed by atoms with Crippen molar-refractivity contribution in [2.24, 2.45) is 0 Å². The summed E-state index contributed by atoms with van der Waals surface area (Å²) in [4.78, 5) is 10.8. The van der Waals surface area contributed by atoms with E-state index in [0.717, 1.165) is 19.4 Å². The highest BCUT2D eigenvalue weighted by Crippen LogP contribution is 2.29. The van der Waals surface area contributed by atoms with Crippen LogP contribution in [0.3, 0.4) is 0 Å². The van der Waals surface area contributed by atoms with Crippen molar-refractivity contribution in [2.45, 2.75) is 51.0 Å². The van der Waals surface area contributed by atoms with Crippen LogP contribution in [-0.2, 0) is 14.3 Å². The Bertz CT molecular complexity index is 231. The fraction of sp³-hybridized carbons (Fsp3) is 0.900. The lowest BCUT2D eigenvalue weighted by Gasteiger charge is -2.28. The first kappa shape index (κ1) is 9.93. The summed E-state index contributed by atoms with van der Waals surface area (Å²) in [5.41, 5.74) is 0. The van der Waals surface area contributed by atoms with Crippen molar-refractivity contribution in [3.8, 4) is 0 Å². The van der Waals surface area contributed by atoms with Crippen LogP contribution in [0.5, 0.6) is 0 Å². The van der Waals surface area contributed by atoms with E-state index in [2.05, 4.69) is 12.2 Å². The van der Waals surface area contributed by atoms with Crippen LogP contribution in [0.15, 0.2) is 0 Å². The fourth-order valence-electron chi connectivity index (χ4n) is 2.13. The SMILES string of the molecule is CC(=O)OC1CCNC(C2OC2C)C1. The molecule has 4 heteroatoms. The van der Waals surface area contributed by atoms with Crippen molar-refractivity contribution in [2.75, 3.05) is 6.54 Å². The van der Waals surface area contributed by atoms with E-state index < -0.39 is 0 Å². The number of nitrogens with one attached hydrogen (secondary N) is 1. The van der Waals surface area contributed by atoms with Gasteiger partial charge in [0.2, 0.25) is 0 Å². The van der Waals surface area contributed by atoms with E-state index >= 15 is 0 Å². The van der Waals surface area contributed by atoms with Gasteiger partial charge < -0.3 is 14.8 Å². The predicted molar refractivity (Wildman–Crippen MR) is 50.9 cm³/mol. The minimum Gasteiger partial charge on any atom is -0.462 e. The van der Waals surface area contributed by atoms with Gasteiger partial charge in [-0.3, -0.25) is 4.79 Å². The molecule has 2 aliphatic heterocycles. The average molecular weight is 199 g/mol. The highest BCUT2D eigenvalue weighted by molar-refractivity contribution is 5.66. The van der Waals surface area contributed by atoms with E-state index in [1.807, 2.05) is 0 Å². The summed E-state index contributed by atoms with van der Waals surface area (Å²) in [6, 6.07) is 0.364. The first-order valence-corrected chi connectivity index (χ1v) is 5.23. The molecule has 0 aromatic heterocycles. The maximum Gasteiger partial charge on any atom is 0.302 e. The largest absolute Gasteiger partial charge is 0.462 e. The summed E-state index contributed by atoms with van der Waals surface area (Å²) < 4.78 is 10.6. The Morgan fingerprint density at radius 1 is 1.57 bits per heavy atom. The molecular formula is C10H17NO3. The molecule has 14 heavy (non-hydrogen) atoms. The van der Waals surface area contributed by atoms with E-state index in [1.54, 1.807) is 0 Å². The van der Waals surface area contributed by atoms with Gasteiger partial charge in [-0.15, -0.1) is 0 Å². The monoisotopic (exact) mass is 199 g/mol. The third-order valence-corrected chi connectivity index (χ3v) is 2.88. The minimum atomic E-state index is -0.180. The van der Waals surface area contributed by atoms with Gasteiger partial charge in [-0.25, -0.2) is 0 Å². The first-order chi connectivity index (χ1) is 6.66. The zero-order valence-electron chi connectivity index (χ0n) is 8.66. The molecule has 4 unspecified atom stereocenters. The number of piperidine rings is 1. The van der Waals surface area contributed by atoms with E-state index in [1.165, 1.54) is 6.92 Å². The van der Waals surface area contributed by atoms with Gasteiger partial charge in [0.1, 0.15) is 6.10 Å². The molecule has 2 rings (SSSR count). The quantitative estimate of drug-likeness (QED) is 0.518. The van der Waals surface area contributed by atoms with Crippen molar-refractivity contribution < 1.29 is 14.3 Å². The third kappa shape index (κ3) is 2.25. The molecule has 1 N–H and O–H groups in total. The number of esters is 1. The molecule has 0 aliphatic carbocycles. The van der Waals surface area contributed by atoms with Crippen molar-refractivity contribution in [3.63, 3.8) is 0 Å². The van der Waals surface area contributed by atoms with Crippen molar-refractivity contribution in [1.82, 2.24) is 5.32 Å². The Kier molecular flexibility index (Phi) is 2.74. The van der Waals surface area contributed by atoms with E-state index in [9.17, 15) is 4.79 Å². The van der Waals surface area contributed by atoms with Crippen LogP contribution in [0, 0.1) is 0 Å². The molecule has 4 nitrogen and oxygen atoms in total. The maximum absolute atomic E-state index is 10.8. The van der Waals surface area contributed by atoms with Crippen LogP contribution >= 0.6 is 0 Å². The van der Waals surface area contributed by atoms with Gasteiger partial charge in [-0.05, 0) is 19.9 Å². The Labute approximate surface area is 84.0 Å². The number of carbonyl (C=O) groups excluding carboxylic acids is 1. The molecule has 2 fully saturated rings. The van der Waals surface area contributed by atoms with Crippen LogP contribution in [0.25, 0.3) is 0 Å². The van der Waals surface area contributed by atoms with Crippen LogP contribution in [-0.4, -0.2) is 36.9 Å². The highest BCUT2D eigenvalue weighted by atomic mass is 16.6. The summed E-state index contributed by atoms with van der Waals surface area (Å²) >= 11 is 0. The molecule has 80 valence electrons. The number of hydrogen-bond donors (Lipinski definition) is 1. The van der Waals surface area contributed by atoms with Gasteiger partial charge in [-0.1, -0.05) is 0 Å². The van der Waals surface area contributed by atoms with Crippen molar-refractivity contribution in [1.29, 1.82) is 0 Å². The van der Waals surface area contributed by atoms with Gasteiger partial charge in [-0.2, -0.15) is 0 Å². The summed E-state index contributed by atoms with van der Waals surface area (Å²) in [5.74, 6) is -0.180. The molecule has 2 aliphatic rings. The normalized spacial score (nSPS) is 41.9. The molecule has 0 aromatic rings. The molecule has 0 spiro atoms. The maximum atomic E-state index is 10.8. The molecule has 0 radical (unpaired) electrons. The molecule has 0 amide bonds. The van der Waals surface area contributed by atoms with E-state index in [0.29, 0.717) is 18.2 Å². The van der Waals surface area contributed by atoms with Gasteiger partial charge in [0.25, 0.3) is 0 Å². The molecule has 2 heterocycles. The number of rotatable bonds is 2. The average Bonchev–Trinajstić information content (AvgIpc) is 2.82. The van der Waals surface area contributed by atoms with Gasteiger partial charge in [0.15, 0.2) is 0 Å². The van der Waals surface area contributed by atoms with Crippen LogP contribution < -0.4 is 5.32 Å². The Balaban J connectivity index is 1.81. The zero-order valence-corrected chi connectivity index (χ0v) is 8.66. The molecular weight excluding hydrogens is 182 g/mol. The highest BCUT2D eigenvalue weighted by Gasteiger charge is 2.43. The second-order valence-electron chi connectivity index (χ2n) is 4.12. The number of hydrogen-bond acceptors (Lipinski definition) is 4. The zero-order chi connectivity index (χ0) is 10.1. The van der Waals surface area contributed by atoms with Crippen molar-refractivity contribution >= 4 is 5.97 Å². The standard InChI is InChI=1S/C10H17NO3/c1-6-10(13-6)9-5-8(3-4-11-9)14-7(2)12/h6,8-11H,3-5H2,1-2H3. The molecule has 2 saturated heterocycles. The Hall–Kier alpha value is -0.610. The number of carbonyl (C=O) groups is 1. The Morgan fingerprint density at radius 2 is 2.29 bits per heavy atom. The summed E-state index contributed by atoms with van der Waals surface area (Å²) in [5, 5.41) is 3.40. The van der Waals surface area contributed by atoms with Gasteiger partial charge >= 0.3 is 5.97 Å². The lowest BCUT2D eigenvalue weighted by molar-refractivity contribution is -0.148. The summed E-state index contributed by atoms with van der Waals surface area (Å²) in [6.45, 7) is 4.45. The second-order valence-corrected chi connectivity index (χ2v) is 4.12. The third-order valence-electron chi connectivity index (χ3n) is 2.88. The smallest absolute Gasteiger partial charge is 0.302 e. The lowest BCUT2D eigenvalue weighted by atomic mass is 9.98. The second kappa shape index (κ2) is 3.87. The molecule has 0 bridgehead atoms. The number of epoxide rings is 1. The van der Waals surface area contributed by atoms with Crippen LogP contribution in [0.1, 0.15) is 26.7 Å². The molecule has 4 atom stereocenters. The van der Waals surface area contributed by atoms with Gasteiger partial charge in [0.05, 0.1) is 12.2 Å². The van der Waals surface area contributed by atoms with Crippen LogP contribution in [0.4, 0.5) is 0 Å². The predicted octanol–water partition coefficient (Wildman–Crippen LogP) is 0.457. The minimum absolute atomic E-state index is 0.0788. The number of ether oxygens (including phenoxy) is 2. The Morgan fingerprint density at radius 3 is 2.86 bits per heavy atom. The molecule has 0 aromatic carbocycles.